The first-order valence-electron chi connectivity index (χ1n) is 7.37. The molecule has 1 aromatic heterocycles. The van der Waals surface area contributed by atoms with Gasteiger partial charge in [-0.3, -0.25) is 9.59 Å². The van der Waals surface area contributed by atoms with Crippen molar-refractivity contribution >= 4 is 17.7 Å². The Morgan fingerprint density at radius 1 is 1.04 bits per heavy atom. The van der Waals surface area contributed by atoms with Gasteiger partial charge in [0.1, 0.15) is 11.3 Å². The van der Waals surface area contributed by atoms with Gasteiger partial charge in [-0.05, 0) is 32.9 Å². The summed E-state index contributed by atoms with van der Waals surface area (Å²) in [4.78, 5) is 36.1. The molecule has 0 aliphatic rings. The number of likely N-dealkylation sites (N-methyl/N-ethyl adjacent to an activating group) is 1. The highest BCUT2D eigenvalue weighted by molar-refractivity contribution is 5.96. The number of carboxylic acids is 1. The van der Waals surface area contributed by atoms with Gasteiger partial charge in [-0.25, -0.2) is 4.79 Å². The quantitative estimate of drug-likeness (QED) is 0.852. The molecule has 0 spiro atoms. The van der Waals surface area contributed by atoms with Crippen molar-refractivity contribution < 1.29 is 23.9 Å². The van der Waals surface area contributed by atoms with Crippen molar-refractivity contribution in [2.45, 2.75) is 26.3 Å². The zero-order valence-corrected chi connectivity index (χ0v) is 14.0. The topological polar surface area (TPSA) is 87.8 Å². The van der Waals surface area contributed by atoms with Gasteiger partial charge in [0.25, 0.3) is 5.91 Å². The highest BCUT2D eigenvalue weighted by Gasteiger charge is 2.36. The molecule has 0 saturated heterocycles. The summed E-state index contributed by atoms with van der Waals surface area (Å²) in [6.45, 7) is 4.37. The Morgan fingerprint density at radius 2 is 1.62 bits per heavy atom. The number of furan rings is 1. The van der Waals surface area contributed by atoms with Crippen molar-refractivity contribution in [1.29, 1.82) is 0 Å². The molecule has 0 radical (unpaired) electrons. The van der Waals surface area contributed by atoms with Crippen LogP contribution in [0.1, 0.15) is 41.7 Å². The van der Waals surface area contributed by atoms with E-state index >= 15 is 0 Å². The highest BCUT2D eigenvalue weighted by Crippen LogP contribution is 2.25. The van der Waals surface area contributed by atoms with E-state index in [-0.39, 0.29) is 11.5 Å². The summed E-state index contributed by atoms with van der Waals surface area (Å²) in [5.41, 5.74) is -0.0450. The van der Waals surface area contributed by atoms with E-state index in [1.165, 1.54) is 33.9 Å². The minimum atomic E-state index is -1.35. The Hall–Kier alpha value is -2.89. The minimum Gasteiger partial charge on any atom is -0.480 e. The van der Waals surface area contributed by atoms with Gasteiger partial charge in [-0.1, -0.05) is 24.3 Å². The second kappa shape index (κ2) is 6.31. The van der Waals surface area contributed by atoms with Crippen molar-refractivity contribution in [3.63, 3.8) is 0 Å². The number of aliphatic carboxylic acids is 1. The molecular formula is C18H19NO5. The molecule has 1 amide bonds. The molecule has 24 heavy (non-hydrogen) atoms. The van der Waals surface area contributed by atoms with Crippen LogP contribution < -0.4 is 0 Å². The van der Waals surface area contributed by atoms with Crippen LogP contribution >= 0.6 is 0 Å². The average Bonchev–Trinajstić information content (AvgIpc) is 3.03. The number of benzene rings is 1. The van der Waals surface area contributed by atoms with Crippen LogP contribution in [0.4, 0.5) is 0 Å². The third-order valence-electron chi connectivity index (χ3n) is 4.06. The lowest BCUT2D eigenvalue weighted by atomic mass is 10.0. The van der Waals surface area contributed by atoms with Crippen LogP contribution in [-0.2, 0) is 4.79 Å². The molecule has 1 N–H and O–H groups in total. The highest BCUT2D eigenvalue weighted by atomic mass is 16.4. The lowest BCUT2D eigenvalue weighted by Crippen LogP contribution is -2.50. The first kappa shape index (κ1) is 17.5. The summed E-state index contributed by atoms with van der Waals surface area (Å²) >= 11 is 0. The molecule has 0 saturated carbocycles. The lowest BCUT2D eigenvalue weighted by Gasteiger charge is -2.30. The molecule has 1 aromatic carbocycles. The summed E-state index contributed by atoms with van der Waals surface area (Å²) < 4.78 is 5.56. The molecule has 6 heteroatoms. The number of hydrogen-bond acceptors (Lipinski definition) is 4. The Labute approximate surface area is 139 Å². The van der Waals surface area contributed by atoms with Crippen molar-refractivity contribution in [1.82, 2.24) is 4.90 Å². The van der Waals surface area contributed by atoms with Crippen LogP contribution in [0.15, 0.2) is 40.8 Å². The number of hydrogen-bond donors (Lipinski definition) is 1. The minimum absolute atomic E-state index is 0.0330. The fourth-order valence-electron chi connectivity index (χ4n) is 2.04. The maximum Gasteiger partial charge on any atom is 0.329 e. The van der Waals surface area contributed by atoms with Crippen LogP contribution in [0, 0.1) is 0 Å². The van der Waals surface area contributed by atoms with Crippen molar-refractivity contribution in [3.8, 4) is 11.3 Å². The van der Waals surface area contributed by atoms with Gasteiger partial charge < -0.3 is 14.4 Å². The second-order valence-corrected chi connectivity index (χ2v) is 6.03. The fraction of sp³-hybridized carbons (Fsp3) is 0.278. The van der Waals surface area contributed by atoms with Gasteiger partial charge in [-0.2, -0.15) is 0 Å². The van der Waals surface area contributed by atoms with Crippen LogP contribution in [0.25, 0.3) is 11.3 Å². The van der Waals surface area contributed by atoms with E-state index in [1.807, 2.05) is 0 Å². The van der Waals surface area contributed by atoms with E-state index in [9.17, 15) is 19.5 Å². The molecule has 0 aliphatic heterocycles. The van der Waals surface area contributed by atoms with E-state index < -0.39 is 17.4 Å². The predicted molar refractivity (Wildman–Crippen MR) is 88.0 cm³/mol. The van der Waals surface area contributed by atoms with E-state index in [2.05, 4.69) is 0 Å². The largest absolute Gasteiger partial charge is 0.480 e. The lowest BCUT2D eigenvalue weighted by molar-refractivity contribution is -0.147. The molecule has 6 nitrogen and oxygen atoms in total. The number of Topliss-reactive ketones (excluding diaryl/α,β-unsaturated/α-hetero) is 1. The average molecular weight is 329 g/mol. The summed E-state index contributed by atoms with van der Waals surface area (Å²) in [6.07, 6.45) is 0. The van der Waals surface area contributed by atoms with Crippen LogP contribution in [0.5, 0.6) is 0 Å². The standard InChI is InChI=1S/C18H19NO5/c1-11(20)12-5-7-13(8-6-12)14-9-10-15(24-14)16(21)19(4)18(2,3)17(22)23/h5-10H,1-4H3,(H,22,23). The summed E-state index contributed by atoms with van der Waals surface area (Å²) in [7, 11) is 1.42. The molecule has 2 aromatic rings. The van der Waals surface area contributed by atoms with Crippen LogP contribution in [0.3, 0.4) is 0 Å². The normalized spacial score (nSPS) is 11.2. The Morgan fingerprint density at radius 3 is 2.12 bits per heavy atom. The predicted octanol–water partition coefficient (Wildman–Crippen LogP) is 3.08. The van der Waals surface area contributed by atoms with Gasteiger partial charge in [0.15, 0.2) is 11.5 Å². The van der Waals surface area contributed by atoms with Gasteiger partial charge in [0, 0.05) is 18.2 Å². The number of nitrogens with zero attached hydrogens (tertiary/aromatic N) is 1. The third kappa shape index (κ3) is 3.22. The van der Waals surface area contributed by atoms with Gasteiger partial charge in [-0.15, -0.1) is 0 Å². The molecule has 0 unspecified atom stereocenters. The number of carboxylic acid groups (broad SMARTS) is 1. The van der Waals surface area contributed by atoms with Gasteiger partial charge in [0.2, 0.25) is 0 Å². The Balaban J connectivity index is 2.25. The van der Waals surface area contributed by atoms with Crippen molar-refractivity contribution in [2.24, 2.45) is 0 Å². The Kier molecular flexibility index (Phi) is 4.59. The molecule has 0 aliphatic carbocycles. The maximum atomic E-state index is 12.4. The third-order valence-corrected chi connectivity index (χ3v) is 4.06. The molecule has 0 atom stereocenters. The molecule has 1 heterocycles. The second-order valence-electron chi connectivity index (χ2n) is 6.03. The Bertz CT molecular complexity index is 786. The van der Waals surface area contributed by atoms with Crippen molar-refractivity contribution in [2.75, 3.05) is 7.05 Å². The maximum absolute atomic E-state index is 12.4. The molecule has 0 fully saturated rings. The smallest absolute Gasteiger partial charge is 0.329 e. The number of ketones is 1. The van der Waals surface area contributed by atoms with E-state index in [1.54, 1.807) is 30.3 Å². The molecular weight excluding hydrogens is 310 g/mol. The fourth-order valence-corrected chi connectivity index (χ4v) is 2.04. The summed E-state index contributed by atoms with van der Waals surface area (Å²) in [5.74, 6) is -1.14. The van der Waals surface area contributed by atoms with Crippen molar-refractivity contribution in [3.05, 3.63) is 47.7 Å². The number of carbonyl (C=O) groups excluding carboxylic acids is 2. The first-order chi connectivity index (χ1) is 11.1. The molecule has 0 bridgehead atoms. The van der Waals surface area contributed by atoms with E-state index in [4.69, 9.17) is 4.42 Å². The van der Waals surface area contributed by atoms with Gasteiger partial charge in [0.05, 0.1) is 0 Å². The summed E-state index contributed by atoms with van der Waals surface area (Å²) in [5, 5.41) is 9.21. The summed E-state index contributed by atoms with van der Waals surface area (Å²) in [6, 6.07) is 9.97. The van der Waals surface area contributed by atoms with E-state index in [0.717, 1.165) is 10.5 Å². The van der Waals surface area contributed by atoms with Crippen LogP contribution in [-0.4, -0.2) is 40.3 Å². The number of carbonyl (C=O) groups is 3. The molecule has 2 rings (SSSR count). The van der Waals surface area contributed by atoms with Crippen LogP contribution in [0.2, 0.25) is 0 Å². The first-order valence-corrected chi connectivity index (χ1v) is 7.37. The molecule has 126 valence electrons. The number of rotatable bonds is 5. The zero-order chi connectivity index (χ0) is 18.1. The van der Waals surface area contributed by atoms with E-state index in [0.29, 0.717) is 11.3 Å². The number of amides is 1. The zero-order valence-electron chi connectivity index (χ0n) is 14.0. The monoisotopic (exact) mass is 329 g/mol. The van der Waals surface area contributed by atoms with Gasteiger partial charge >= 0.3 is 5.97 Å². The SMILES string of the molecule is CC(=O)c1ccc(-c2ccc(C(=O)N(C)C(C)(C)C(=O)O)o2)cc1.